The van der Waals surface area contributed by atoms with E-state index in [1.54, 1.807) is 6.20 Å². The second-order valence-corrected chi connectivity index (χ2v) is 2.86. The van der Waals surface area contributed by atoms with Crippen molar-refractivity contribution in [1.82, 2.24) is 4.98 Å². The Morgan fingerprint density at radius 3 is 2.83 bits per heavy atom. The summed E-state index contributed by atoms with van der Waals surface area (Å²) in [5.41, 5.74) is 1.52. The number of aliphatic hydroxyl groups excluding tert-OH is 1. The van der Waals surface area contributed by atoms with Gasteiger partial charge in [-0.2, -0.15) is 0 Å². The van der Waals surface area contributed by atoms with Crippen LogP contribution in [-0.2, 0) is 0 Å². The molecular formula is C9H13NO2. The summed E-state index contributed by atoms with van der Waals surface area (Å²) in [6, 6.07) is 1.49. The number of aryl methyl sites for hydroxylation is 1. The predicted molar refractivity (Wildman–Crippen MR) is 47.1 cm³/mol. The van der Waals surface area contributed by atoms with E-state index in [0.717, 1.165) is 11.1 Å². The molecule has 0 aliphatic carbocycles. The highest BCUT2D eigenvalue weighted by atomic mass is 16.3. The molecule has 1 aromatic heterocycles. The molecule has 1 atom stereocenters. The van der Waals surface area contributed by atoms with Crippen molar-refractivity contribution in [3.05, 3.63) is 33.7 Å². The summed E-state index contributed by atoms with van der Waals surface area (Å²) in [7, 11) is 0. The van der Waals surface area contributed by atoms with Crippen molar-refractivity contribution in [3.63, 3.8) is 0 Å². The van der Waals surface area contributed by atoms with E-state index in [1.807, 2.05) is 13.8 Å². The smallest absolute Gasteiger partial charge is 0.248 e. The number of aliphatic hydroxyl groups is 1. The van der Waals surface area contributed by atoms with Crippen LogP contribution in [0.1, 0.15) is 30.6 Å². The largest absolute Gasteiger partial charge is 0.388 e. The van der Waals surface area contributed by atoms with Gasteiger partial charge in [-0.05, 0) is 24.5 Å². The Morgan fingerprint density at radius 2 is 2.33 bits per heavy atom. The van der Waals surface area contributed by atoms with Gasteiger partial charge >= 0.3 is 0 Å². The average Bonchev–Trinajstić information content (AvgIpc) is 2.03. The Bertz CT molecular complexity index is 317. The van der Waals surface area contributed by atoms with Gasteiger partial charge in [-0.3, -0.25) is 4.79 Å². The second kappa shape index (κ2) is 3.54. The zero-order valence-corrected chi connectivity index (χ0v) is 7.29. The average molecular weight is 167 g/mol. The molecule has 3 heteroatoms. The third-order valence-electron chi connectivity index (χ3n) is 1.92. The van der Waals surface area contributed by atoms with Gasteiger partial charge in [-0.1, -0.05) is 6.92 Å². The molecule has 0 aromatic carbocycles. The summed E-state index contributed by atoms with van der Waals surface area (Å²) in [6.07, 6.45) is 1.76. The molecule has 0 aliphatic heterocycles. The van der Waals surface area contributed by atoms with Crippen molar-refractivity contribution < 1.29 is 5.11 Å². The predicted octanol–water partition coefficient (Wildman–Crippen LogP) is 1.13. The highest BCUT2D eigenvalue weighted by Crippen LogP contribution is 2.17. The maximum absolute atomic E-state index is 10.8. The fourth-order valence-electron chi connectivity index (χ4n) is 1.16. The van der Waals surface area contributed by atoms with Gasteiger partial charge in [0.2, 0.25) is 5.56 Å². The molecule has 12 heavy (non-hydrogen) atoms. The molecular weight excluding hydrogens is 154 g/mol. The lowest BCUT2D eigenvalue weighted by atomic mass is 10.1. The van der Waals surface area contributed by atoms with Crippen LogP contribution in [0.4, 0.5) is 0 Å². The molecule has 0 spiro atoms. The van der Waals surface area contributed by atoms with Crippen LogP contribution >= 0.6 is 0 Å². The van der Waals surface area contributed by atoms with Crippen LogP contribution in [0.2, 0.25) is 0 Å². The second-order valence-electron chi connectivity index (χ2n) is 2.86. The van der Waals surface area contributed by atoms with Gasteiger partial charge in [0, 0.05) is 12.3 Å². The highest BCUT2D eigenvalue weighted by molar-refractivity contribution is 5.23. The van der Waals surface area contributed by atoms with E-state index < -0.39 is 6.10 Å². The van der Waals surface area contributed by atoms with Crippen molar-refractivity contribution >= 4 is 0 Å². The van der Waals surface area contributed by atoms with Gasteiger partial charge in [0.1, 0.15) is 0 Å². The highest BCUT2D eigenvalue weighted by Gasteiger charge is 2.07. The Morgan fingerprint density at radius 1 is 1.67 bits per heavy atom. The zero-order valence-electron chi connectivity index (χ0n) is 7.29. The number of H-pyrrole nitrogens is 1. The number of nitrogens with one attached hydrogen (secondary N) is 1. The molecule has 0 fully saturated rings. The van der Waals surface area contributed by atoms with Crippen LogP contribution in [0.15, 0.2) is 17.1 Å². The third-order valence-corrected chi connectivity index (χ3v) is 1.92. The van der Waals surface area contributed by atoms with Crippen LogP contribution in [0.5, 0.6) is 0 Å². The Balaban J connectivity index is 3.09. The van der Waals surface area contributed by atoms with E-state index in [1.165, 1.54) is 6.07 Å². The Kier molecular flexibility index (Phi) is 2.65. The van der Waals surface area contributed by atoms with E-state index in [4.69, 9.17) is 0 Å². The van der Waals surface area contributed by atoms with Gasteiger partial charge in [0.25, 0.3) is 0 Å². The topological polar surface area (TPSA) is 53.1 Å². The first-order valence-corrected chi connectivity index (χ1v) is 4.02. The van der Waals surface area contributed by atoms with E-state index >= 15 is 0 Å². The molecule has 0 aliphatic rings. The standard InChI is InChI=1S/C9H13NO2/c1-3-8(11)7-5-10-9(12)4-6(7)2/h4-5,8,11H,3H2,1-2H3,(H,10,12)/t8-/m0/s1. The van der Waals surface area contributed by atoms with Crippen LogP contribution in [0.3, 0.4) is 0 Å². The van der Waals surface area contributed by atoms with E-state index in [9.17, 15) is 9.90 Å². The molecule has 2 N–H and O–H groups in total. The molecule has 3 nitrogen and oxygen atoms in total. The summed E-state index contributed by atoms with van der Waals surface area (Å²) in [5, 5.41) is 9.48. The van der Waals surface area contributed by atoms with Crippen molar-refractivity contribution in [2.24, 2.45) is 0 Å². The van der Waals surface area contributed by atoms with E-state index in [0.29, 0.717) is 6.42 Å². The van der Waals surface area contributed by atoms with E-state index in [2.05, 4.69) is 4.98 Å². The summed E-state index contributed by atoms with van der Waals surface area (Å²) in [6.45, 7) is 3.72. The van der Waals surface area contributed by atoms with Crippen molar-refractivity contribution in [2.75, 3.05) is 0 Å². The Labute approximate surface area is 71.1 Å². The quantitative estimate of drug-likeness (QED) is 0.693. The van der Waals surface area contributed by atoms with Crippen molar-refractivity contribution in [1.29, 1.82) is 0 Å². The summed E-state index contributed by atoms with van der Waals surface area (Å²) >= 11 is 0. The van der Waals surface area contributed by atoms with Crippen LogP contribution < -0.4 is 5.56 Å². The zero-order chi connectivity index (χ0) is 9.14. The minimum absolute atomic E-state index is 0.125. The third kappa shape index (κ3) is 1.74. The van der Waals surface area contributed by atoms with Gasteiger partial charge in [-0.25, -0.2) is 0 Å². The lowest BCUT2D eigenvalue weighted by molar-refractivity contribution is 0.172. The summed E-state index contributed by atoms with van der Waals surface area (Å²) in [5.74, 6) is 0. The van der Waals surface area contributed by atoms with Gasteiger partial charge < -0.3 is 10.1 Å². The monoisotopic (exact) mass is 167 g/mol. The first kappa shape index (κ1) is 9.00. The van der Waals surface area contributed by atoms with Crippen LogP contribution in [0.25, 0.3) is 0 Å². The minimum Gasteiger partial charge on any atom is -0.388 e. The number of aromatic nitrogens is 1. The fraction of sp³-hybridized carbons (Fsp3) is 0.444. The first-order valence-electron chi connectivity index (χ1n) is 4.02. The molecule has 0 radical (unpaired) electrons. The number of aromatic amines is 1. The van der Waals surface area contributed by atoms with Crippen molar-refractivity contribution in [3.8, 4) is 0 Å². The molecule has 0 bridgehead atoms. The molecule has 1 aromatic rings. The van der Waals surface area contributed by atoms with Gasteiger partial charge in [0.05, 0.1) is 6.10 Å². The van der Waals surface area contributed by atoms with E-state index in [-0.39, 0.29) is 5.56 Å². The molecule has 0 unspecified atom stereocenters. The normalized spacial score (nSPS) is 12.9. The number of rotatable bonds is 2. The lowest BCUT2D eigenvalue weighted by Gasteiger charge is -2.09. The van der Waals surface area contributed by atoms with Crippen molar-refractivity contribution in [2.45, 2.75) is 26.4 Å². The summed E-state index contributed by atoms with van der Waals surface area (Å²) < 4.78 is 0. The SMILES string of the molecule is CC[C@H](O)c1c[nH]c(=O)cc1C. The molecule has 66 valence electrons. The number of hydrogen-bond acceptors (Lipinski definition) is 2. The number of pyridine rings is 1. The molecule has 1 heterocycles. The summed E-state index contributed by atoms with van der Waals surface area (Å²) in [4.78, 5) is 13.4. The van der Waals surface area contributed by atoms with Crippen LogP contribution in [0, 0.1) is 6.92 Å². The molecule has 0 amide bonds. The first-order chi connectivity index (χ1) is 5.65. The maximum atomic E-state index is 10.8. The fourth-order valence-corrected chi connectivity index (χ4v) is 1.16. The maximum Gasteiger partial charge on any atom is 0.248 e. The number of hydrogen-bond donors (Lipinski definition) is 2. The Hall–Kier alpha value is -1.09. The van der Waals surface area contributed by atoms with Crippen LogP contribution in [-0.4, -0.2) is 10.1 Å². The molecule has 0 saturated heterocycles. The molecule has 1 rings (SSSR count). The van der Waals surface area contributed by atoms with Gasteiger partial charge in [0.15, 0.2) is 0 Å². The lowest BCUT2D eigenvalue weighted by Crippen LogP contribution is -2.08. The molecule has 0 saturated carbocycles. The minimum atomic E-state index is -0.471. The van der Waals surface area contributed by atoms with Gasteiger partial charge in [-0.15, -0.1) is 0 Å².